The van der Waals surface area contributed by atoms with Gasteiger partial charge in [0.05, 0.1) is 13.4 Å². The van der Waals surface area contributed by atoms with E-state index in [2.05, 4.69) is 0 Å². The molecular weight excluding hydrogens is 380 g/mol. The van der Waals surface area contributed by atoms with E-state index in [-0.39, 0.29) is 30.8 Å². The van der Waals surface area contributed by atoms with E-state index in [4.69, 9.17) is 18.6 Å². The van der Waals surface area contributed by atoms with Gasteiger partial charge in [-0.25, -0.2) is 4.79 Å². The van der Waals surface area contributed by atoms with Crippen LogP contribution in [0.1, 0.15) is 10.6 Å². The van der Waals surface area contributed by atoms with E-state index in [1.165, 1.54) is 13.4 Å². The summed E-state index contributed by atoms with van der Waals surface area (Å²) in [6, 6.07) is 10.2. The molecule has 0 bridgehead atoms. The fourth-order valence-corrected chi connectivity index (χ4v) is 2.86. The van der Waals surface area contributed by atoms with Gasteiger partial charge in [-0.15, -0.1) is 0 Å². The second-order valence-electron chi connectivity index (χ2n) is 6.25. The predicted molar refractivity (Wildman–Crippen MR) is 101 cm³/mol. The minimum absolute atomic E-state index is 0.206. The Hall–Kier alpha value is -3.49. The zero-order valence-electron chi connectivity index (χ0n) is 16.0. The van der Waals surface area contributed by atoms with Crippen LogP contribution in [0.3, 0.4) is 0 Å². The number of esters is 1. The summed E-state index contributed by atoms with van der Waals surface area (Å²) in [7, 11) is 1.50. The normalized spacial score (nSPS) is 13.7. The number of nitrogens with zero attached hydrogens (tertiary/aromatic N) is 2. The van der Waals surface area contributed by atoms with Gasteiger partial charge in [-0.05, 0) is 24.3 Å². The smallest absolute Gasteiger partial charge is 0.344 e. The fraction of sp³-hybridized carbons (Fsp3) is 0.350. The molecule has 0 saturated carbocycles. The molecule has 1 saturated heterocycles. The van der Waals surface area contributed by atoms with Crippen LogP contribution in [0.25, 0.3) is 0 Å². The first-order valence-electron chi connectivity index (χ1n) is 9.10. The number of rotatable bonds is 7. The second kappa shape index (κ2) is 9.63. The quantitative estimate of drug-likeness (QED) is 0.642. The fourth-order valence-electron chi connectivity index (χ4n) is 2.86. The van der Waals surface area contributed by atoms with Crippen molar-refractivity contribution in [2.75, 3.05) is 46.5 Å². The van der Waals surface area contributed by atoms with Crippen molar-refractivity contribution in [3.8, 4) is 11.5 Å². The number of benzene rings is 1. The maximum atomic E-state index is 12.2. The summed E-state index contributed by atoms with van der Waals surface area (Å²) in [5.74, 6) is 0.00126. The molecule has 0 aliphatic carbocycles. The summed E-state index contributed by atoms with van der Waals surface area (Å²) < 4.78 is 20.6. The third-order valence-electron chi connectivity index (χ3n) is 4.42. The maximum absolute atomic E-state index is 12.2. The highest BCUT2D eigenvalue weighted by Gasteiger charge is 2.26. The molecule has 1 fully saturated rings. The highest BCUT2D eigenvalue weighted by Crippen LogP contribution is 2.25. The van der Waals surface area contributed by atoms with Crippen LogP contribution in [-0.4, -0.2) is 74.1 Å². The van der Waals surface area contributed by atoms with Crippen LogP contribution in [0.4, 0.5) is 0 Å². The first-order valence-corrected chi connectivity index (χ1v) is 9.10. The molecule has 0 N–H and O–H groups in total. The Labute approximate surface area is 167 Å². The molecule has 0 unspecified atom stereocenters. The lowest BCUT2D eigenvalue weighted by atomic mass is 10.3. The summed E-state index contributed by atoms with van der Waals surface area (Å²) in [5.41, 5.74) is 0. The van der Waals surface area contributed by atoms with Crippen molar-refractivity contribution >= 4 is 17.8 Å². The van der Waals surface area contributed by atoms with Crippen LogP contribution in [0.5, 0.6) is 11.5 Å². The lowest BCUT2D eigenvalue weighted by Crippen LogP contribution is -2.51. The van der Waals surface area contributed by atoms with E-state index < -0.39 is 5.97 Å². The van der Waals surface area contributed by atoms with Gasteiger partial charge in [-0.3, -0.25) is 9.59 Å². The van der Waals surface area contributed by atoms with Gasteiger partial charge in [0.2, 0.25) is 0 Å². The number of piperazine rings is 1. The van der Waals surface area contributed by atoms with Crippen LogP contribution in [-0.2, 0) is 14.3 Å². The van der Waals surface area contributed by atoms with Gasteiger partial charge in [0.1, 0.15) is 0 Å². The molecular formula is C20H22N2O7. The third-order valence-corrected chi connectivity index (χ3v) is 4.42. The summed E-state index contributed by atoms with van der Waals surface area (Å²) >= 11 is 0. The molecule has 0 spiro atoms. The Balaban J connectivity index is 1.38. The van der Waals surface area contributed by atoms with Crippen LogP contribution < -0.4 is 9.47 Å². The summed E-state index contributed by atoms with van der Waals surface area (Å²) in [6.45, 7) is 0.784. The average molecular weight is 402 g/mol. The Bertz CT molecular complexity index is 842. The first-order chi connectivity index (χ1) is 14.1. The first kappa shape index (κ1) is 20.2. The summed E-state index contributed by atoms with van der Waals surface area (Å²) in [6.07, 6.45) is 1.44. The minimum Gasteiger partial charge on any atom is -0.493 e. The lowest BCUT2D eigenvalue weighted by molar-refractivity contribution is -0.154. The number of hydrogen-bond donors (Lipinski definition) is 0. The SMILES string of the molecule is COc1ccccc1OCC(=O)OCC(=O)N1CCN(C(=O)c2ccco2)CC1. The molecule has 1 aromatic heterocycles. The molecule has 0 atom stereocenters. The van der Waals surface area contributed by atoms with Crippen molar-refractivity contribution in [3.63, 3.8) is 0 Å². The van der Waals surface area contributed by atoms with Gasteiger partial charge in [-0.1, -0.05) is 12.1 Å². The molecule has 2 aromatic rings. The van der Waals surface area contributed by atoms with Gasteiger partial charge >= 0.3 is 5.97 Å². The molecule has 2 heterocycles. The van der Waals surface area contributed by atoms with Crippen LogP contribution in [0.2, 0.25) is 0 Å². The summed E-state index contributed by atoms with van der Waals surface area (Å²) in [5, 5.41) is 0. The Morgan fingerprint density at radius 2 is 1.62 bits per heavy atom. The molecule has 9 nitrogen and oxygen atoms in total. The van der Waals surface area contributed by atoms with Crippen molar-refractivity contribution in [1.29, 1.82) is 0 Å². The topological polar surface area (TPSA) is 98.5 Å². The van der Waals surface area contributed by atoms with E-state index in [1.807, 2.05) is 0 Å². The molecule has 1 aliphatic rings. The number of para-hydroxylation sites is 2. The van der Waals surface area contributed by atoms with Gasteiger partial charge in [0, 0.05) is 26.2 Å². The number of carbonyl (C=O) groups excluding carboxylic acids is 3. The number of furan rings is 1. The lowest BCUT2D eigenvalue weighted by Gasteiger charge is -2.34. The number of ether oxygens (including phenoxy) is 3. The molecule has 0 radical (unpaired) electrons. The molecule has 9 heteroatoms. The average Bonchev–Trinajstić information content (AvgIpc) is 3.30. The van der Waals surface area contributed by atoms with Crippen molar-refractivity contribution < 1.29 is 33.0 Å². The largest absolute Gasteiger partial charge is 0.493 e. The highest BCUT2D eigenvalue weighted by atomic mass is 16.6. The van der Waals surface area contributed by atoms with E-state index in [9.17, 15) is 14.4 Å². The zero-order chi connectivity index (χ0) is 20.6. The van der Waals surface area contributed by atoms with Gasteiger partial charge in [0.25, 0.3) is 11.8 Å². The summed E-state index contributed by atoms with van der Waals surface area (Å²) in [4.78, 5) is 39.5. The molecule has 1 aromatic carbocycles. The van der Waals surface area contributed by atoms with Gasteiger partial charge < -0.3 is 28.4 Å². The Kier molecular flexibility index (Phi) is 6.72. The van der Waals surface area contributed by atoms with Crippen molar-refractivity contribution in [2.24, 2.45) is 0 Å². The van der Waals surface area contributed by atoms with Gasteiger partial charge in [-0.2, -0.15) is 0 Å². The third kappa shape index (κ3) is 5.28. The molecule has 1 aliphatic heterocycles. The second-order valence-corrected chi connectivity index (χ2v) is 6.25. The predicted octanol–water partition coefficient (Wildman–Crippen LogP) is 1.19. The Morgan fingerprint density at radius 1 is 0.931 bits per heavy atom. The number of amides is 2. The minimum atomic E-state index is -0.657. The molecule has 3 rings (SSSR count). The van der Waals surface area contributed by atoms with Crippen LogP contribution in [0.15, 0.2) is 47.1 Å². The van der Waals surface area contributed by atoms with Crippen molar-refractivity contribution in [3.05, 3.63) is 48.4 Å². The highest BCUT2D eigenvalue weighted by molar-refractivity contribution is 5.91. The number of carbonyl (C=O) groups is 3. The zero-order valence-corrected chi connectivity index (χ0v) is 16.0. The van der Waals surface area contributed by atoms with Crippen LogP contribution in [0, 0.1) is 0 Å². The van der Waals surface area contributed by atoms with Crippen LogP contribution >= 0.6 is 0 Å². The maximum Gasteiger partial charge on any atom is 0.344 e. The molecule has 2 amide bonds. The van der Waals surface area contributed by atoms with E-state index in [0.29, 0.717) is 37.7 Å². The number of hydrogen-bond acceptors (Lipinski definition) is 7. The van der Waals surface area contributed by atoms with E-state index >= 15 is 0 Å². The van der Waals surface area contributed by atoms with E-state index in [1.54, 1.807) is 46.2 Å². The van der Waals surface area contributed by atoms with E-state index in [0.717, 1.165) is 0 Å². The monoisotopic (exact) mass is 402 g/mol. The van der Waals surface area contributed by atoms with Gasteiger partial charge in [0.15, 0.2) is 30.5 Å². The number of methoxy groups -OCH3 is 1. The standard InChI is InChI=1S/C20H22N2O7/c1-26-15-5-2-3-6-16(15)28-14-19(24)29-13-18(23)21-8-10-22(11-9-21)20(25)17-7-4-12-27-17/h2-7,12H,8-11,13-14H2,1H3. The molecule has 29 heavy (non-hydrogen) atoms. The Morgan fingerprint density at radius 3 is 2.28 bits per heavy atom. The van der Waals surface area contributed by atoms with Crippen molar-refractivity contribution in [1.82, 2.24) is 9.80 Å². The van der Waals surface area contributed by atoms with Crippen molar-refractivity contribution in [2.45, 2.75) is 0 Å². The molecule has 154 valence electrons.